The maximum atomic E-state index is 13.6. The Morgan fingerprint density at radius 1 is 1.28 bits per heavy atom. The van der Waals surface area contributed by atoms with Crippen molar-refractivity contribution in [3.05, 3.63) is 24.0 Å². The summed E-state index contributed by atoms with van der Waals surface area (Å²) in [5, 5.41) is 0. The third kappa shape index (κ3) is 2.55. The lowest BCUT2D eigenvalue weighted by Gasteiger charge is -2.25. The highest BCUT2D eigenvalue weighted by Gasteiger charge is 2.30. The third-order valence-electron chi connectivity index (χ3n) is 2.71. The fourth-order valence-electron chi connectivity index (χ4n) is 1.72. The zero-order valence-corrected chi connectivity index (χ0v) is 11.1. The summed E-state index contributed by atoms with van der Waals surface area (Å²) >= 11 is 0. The average Bonchev–Trinajstić information content (AvgIpc) is 2.32. The van der Waals surface area contributed by atoms with E-state index in [2.05, 4.69) is 0 Å². The van der Waals surface area contributed by atoms with Gasteiger partial charge in [-0.3, -0.25) is 4.21 Å². The van der Waals surface area contributed by atoms with Crippen LogP contribution in [-0.4, -0.2) is 41.5 Å². The van der Waals surface area contributed by atoms with Crippen LogP contribution < -0.4 is 5.73 Å². The third-order valence-corrected chi connectivity index (χ3v) is 5.90. The van der Waals surface area contributed by atoms with Crippen molar-refractivity contribution < 1.29 is 17.0 Å². The molecule has 1 heterocycles. The first-order valence-corrected chi connectivity index (χ1v) is 8.24. The molecule has 8 heteroatoms. The molecule has 18 heavy (non-hydrogen) atoms. The van der Waals surface area contributed by atoms with Gasteiger partial charge in [0, 0.05) is 41.1 Å². The van der Waals surface area contributed by atoms with Crippen molar-refractivity contribution in [2.24, 2.45) is 0 Å². The van der Waals surface area contributed by atoms with E-state index < -0.39 is 31.5 Å². The van der Waals surface area contributed by atoms with Crippen LogP contribution in [-0.2, 0) is 20.8 Å². The molecule has 1 aromatic rings. The molecule has 0 saturated carbocycles. The first-order valence-electron chi connectivity index (χ1n) is 5.31. The Labute approximate surface area is 107 Å². The summed E-state index contributed by atoms with van der Waals surface area (Å²) in [5.74, 6) is -0.261. The maximum absolute atomic E-state index is 13.6. The van der Waals surface area contributed by atoms with Crippen molar-refractivity contribution in [2.75, 3.05) is 30.3 Å². The van der Waals surface area contributed by atoms with E-state index in [0.29, 0.717) is 0 Å². The molecule has 0 atom stereocenters. The predicted octanol–water partition coefficient (Wildman–Crippen LogP) is 0.161. The molecule has 0 spiro atoms. The average molecular weight is 292 g/mol. The molecule has 0 radical (unpaired) electrons. The van der Waals surface area contributed by atoms with Crippen molar-refractivity contribution in [3.63, 3.8) is 0 Å². The van der Waals surface area contributed by atoms with Crippen molar-refractivity contribution in [1.82, 2.24) is 4.31 Å². The standard InChI is InChI=1S/C10H13FN2O3S2/c11-9-2-1-8(12)7-10(9)18(15,16)13-3-5-17(14)6-4-13/h1-2,7H,3-6,12H2. The Hall–Kier alpha value is -0.990. The van der Waals surface area contributed by atoms with E-state index in [-0.39, 0.29) is 30.3 Å². The quantitative estimate of drug-likeness (QED) is 0.787. The number of halogens is 1. The molecule has 1 fully saturated rings. The van der Waals surface area contributed by atoms with Crippen molar-refractivity contribution >= 4 is 26.5 Å². The molecular weight excluding hydrogens is 279 g/mol. The van der Waals surface area contributed by atoms with Gasteiger partial charge in [-0.1, -0.05) is 0 Å². The molecule has 2 N–H and O–H groups in total. The van der Waals surface area contributed by atoms with E-state index in [1.807, 2.05) is 0 Å². The lowest BCUT2D eigenvalue weighted by atomic mass is 10.3. The minimum Gasteiger partial charge on any atom is -0.399 e. The molecule has 0 aromatic heterocycles. The number of nitrogen functional groups attached to an aromatic ring is 1. The molecule has 100 valence electrons. The number of nitrogens with zero attached hydrogens (tertiary/aromatic N) is 1. The normalized spacial score (nSPS) is 18.9. The molecule has 0 amide bonds. The fraction of sp³-hybridized carbons (Fsp3) is 0.400. The molecule has 1 aliphatic heterocycles. The molecule has 0 unspecified atom stereocenters. The van der Waals surface area contributed by atoms with Gasteiger partial charge in [-0.15, -0.1) is 0 Å². The summed E-state index contributed by atoms with van der Waals surface area (Å²) in [6.07, 6.45) is 0. The maximum Gasteiger partial charge on any atom is 0.246 e. The molecule has 0 bridgehead atoms. The van der Waals surface area contributed by atoms with Crippen LogP contribution in [0.2, 0.25) is 0 Å². The second kappa shape index (κ2) is 4.94. The summed E-state index contributed by atoms with van der Waals surface area (Å²) in [6.45, 7) is 0.284. The minimum atomic E-state index is -3.89. The van der Waals surface area contributed by atoms with Gasteiger partial charge < -0.3 is 5.73 Å². The summed E-state index contributed by atoms with van der Waals surface area (Å²) in [5.41, 5.74) is 5.67. The van der Waals surface area contributed by atoms with Gasteiger partial charge in [-0.05, 0) is 18.2 Å². The van der Waals surface area contributed by atoms with E-state index in [1.54, 1.807) is 0 Å². The van der Waals surface area contributed by atoms with Crippen molar-refractivity contribution in [2.45, 2.75) is 4.90 Å². The summed E-state index contributed by atoms with van der Waals surface area (Å²) in [4.78, 5) is -0.421. The van der Waals surface area contributed by atoms with Crippen LogP contribution >= 0.6 is 0 Å². The monoisotopic (exact) mass is 292 g/mol. The second-order valence-corrected chi connectivity index (χ2v) is 7.54. The van der Waals surface area contributed by atoms with Crippen molar-refractivity contribution in [3.8, 4) is 0 Å². The zero-order chi connectivity index (χ0) is 13.3. The van der Waals surface area contributed by atoms with E-state index in [4.69, 9.17) is 5.73 Å². The number of sulfonamides is 1. The minimum absolute atomic E-state index is 0.142. The van der Waals surface area contributed by atoms with Gasteiger partial charge in [0.05, 0.1) is 0 Å². The van der Waals surface area contributed by atoms with E-state index in [1.165, 1.54) is 6.07 Å². The van der Waals surface area contributed by atoms with Gasteiger partial charge in [0.25, 0.3) is 0 Å². The smallest absolute Gasteiger partial charge is 0.246 e. The molecule has 1 aliphatic rings. The first-order chi connectivity index (χ1) is 8.41. The Bertz CT molecular complexity index is 579. The molecule has 5 nitrogen and oxygen atoms in total. The lowest BCUT2D eigenvalue weighted by Crippen LogP contribution is -2.42. The van der Waals surface area contributed by atoms with Crippen LogP contribution in [0.3, 0.4) is 0 Å². The Morgan fingerprint density at radius 2 is 1.89 bits per heavy atom. The first kappa shape index (κ1) is 13.4. The van der Waals surface area contributed by atoms with Crippen LogP contribution in [0.25, 0.3) is 0 Å². The zero-order valence-electron chi connectivity index (χ0n) is 9.50. The van der Waals surface area contributed by atoms with Gasteiger partial charge in [0.15, 0.2) is 0 Å². The molecule has 1 saturated heterocycles. The summed E-state index contributed by atoms with van der Waals surface area (Å²) in [7, 11) is -4.88. The number of hydrogen-bond donors (Lipinski definition) is 1. The number of anilines is 1. The van der Waals surface area contributed by atoms with Gasteiger partial charge in [0.2, 0.25) is 10.0 Å². The topological polar surface area (TPSA) is 80.5 Å². The fourth-order valence-corrected chi connectivity index (χ4v) is 4.54. The largest absolute Gasteiger partial charge is 0.399 e. The second-order valence-electron chi connectivity index (χ2n) is 3.94. The summed E-state index contributed by atoms with van der Waals surface area (Å²) in [6, 6.07) is 3.44. The highest BCUT2D eigenvalue weighted by Crippen LogP contribution is 2.22. The summed E-state index contributed by atoms with van der Waals surface area (Å²) < 4.78 is 50.3. The molecule has 1 aromatic carbocycles. The SMILES string of the molecule is Nc1ccc(F)c(S(=O)(=O)N2CCS(=O)CC2)c1. The number of nitrogens with two attached hydrogens (primary N) is 1. The van der Waals surface area contributed by atoms with Crippen LogP contribution in [0.5, 0.6) is 0 Å². The van der Waals surface area contributed by atoms with Crippen LogP contribution in [0.15, 0.2) is 23.1 Å². The van der Waals surface area contributed by atoms with Crippen LogP contribution in [0.1, 0.15) is 0 Å². The highest BCUT2D eigenvalue weighted by molar-refractivity contribution is 7.89. The number of benzene rings is 1. The van der Waals surface area contributed by atoms with E-state index in [9.17, 15) is 17.0 Å². The van der Waals surface area contributed by atoms with Gasteiger partial charge in [-0.2, -0.15) is 4.31 Å². The molecule has 2 rings (SSSR count). The van der Waals surface area contributed by atoms with Crippen LogP contribution in [0.4, 0.5) is 10.1 Å². The van der Waals surface area contributed by atoms with Crippen molar-refractivity contribution in [1.29, 1.82) is 0 Å². The van der Waals surface area contributed by atoms with E-state index >= 15 is 0 Å². The van der Waals surface area contributed by atoms with Gasteiger partial charge in [-0.25, -0.2) is 12.8 Å². The predicted molar refractivity (Wildman–Crippen MR) is 67.4 cm³/mol. The molecule has 0 aliphatic carbocycles. The Kier molecular flexibility index (Phi) is 3.69. The molecular formula is C10H13FN2O3S2. The number of rotatable bonds is 2. The highest BCUT2D eigenvalue weighted by atomic mass is 32.2. The number of hydrogen-bond acceptors (Lipinski definition) is 4. The van der Waals surface area contributed by atoms with Gasteiger partial charge >= 0.3 is 0 Å². The van der Waals surface area contributed by atoms with E-state index in [0.717, 1.165) is 16.4 Å². The van der Waals surface area contributed by atoms with Crippen LogP contribution in [0, 0.1) is 5.82 Å². The van der Waals surface area contributed by atoms with Gasteiger partial charge in [0.1, 0.15) is 10.7 Å². The lowest BCUT2D eigenvalue weighted by molar-refractivity contribution is 0.434. The Balaban J connectivity index is 2.36. The Morgan fingerprint density at radius 3 is 2.50 bits per heavy atom.